The number of hydrogen-bond donors (Lipinski definition) is 1. The van der Waals surface area contributed by atoms with Gasteiger partial charge < -0.3 is 5.32 Å². The van der Waals surface area contributed by atoms with Gasteiger partial charge in [-0.15, -0.1) is 11.3 Å². The first-order valence-corrected chi connectivity index (χ1v) is 9.14. The minimum Gasteiger partial charge on any atom is -0.356 e. The average molecular weight is 344 g/mol. The zero-order valence-corrected chi connectivity index (χ0v) is 13.6. The van der Waals surface area contributed by atoms with E-state index in [9.17, 15) is 4.79 Å². The summed E-state index contributed by atoms with van der Waals surface area (Å²) in [6, 6.07) is 4.21. The van der Waals surface area contributed by atoms with E-state index in [1.165, 1.54) is 24.1 Å². The standard InChI is InChI=1S/C15H22BrNOS/c16-10-12-4-1-5-13(12)11-17-15(18)8-2-6-14-7-3-9-19-14/h3,7,9,12-13H,1-2,4-6,8,10-11H2,(H,17,18). The Bertz CT molecular complexity index is 380. The van der Waals surface area contributed by atoms with Crippen LogP contribution in [0.2, 0.25) is 0 Å². The van der Waals surface area contributed by atoms with Gasteiger partial charge in [0.25, 0.3) is 0 Å². The molecule has 1 heterocycles. The maximum absolute atomic E-state index is 11.8. The molecule has 0 spiro atoms. The summed E-state index contributed by atoms with van der Waals surface area (Å²) in [5.41, 5.74) is 0. The molecule has 0 aromatic carbocycles. The van der Waals surface area contributed by atoms with E-state index in [0.717, 1.165) is 30.6 Å². The smallest absolute Gasteiger partial charge is 0.220 e. The Labute approximate surface area is 128 Å². The van der Waals surface area contributed by atoms with Gasteiger partial charge in [0.05, 0.1) is 0 Å². The summed E-state index contributed by atoms with van der Waals surface area (Å²) in [5, 5.41) is 6.28. The topological polar surface area (TPSA) is 29.1 Å². The van der Waals surface area contributed by atoms with E-state index in [1.54, 1.807) is 11.3 Å². The Hall–Kier alpha value is -0.350. The highest BCUT2D eigenvalue weighted by atomic mass is 79.9. The van der Waals surface area contributed by atoms with Crippen molar-refractivity contribution in [3.05, 3.63) is 22.4 Å². The van der Waals surface area contributed by atoms with Crippen LogP contribution in [0, 0.1) is 11.8 Å². The van der Waals surface area contributed by atoms with Crippen molar-refractivity contribution >= 4 is 33.2 Å². The minimum absolute atomic E-state index is 0.219. The van der Waals surface area contributed by atoms with Crippen molar-refractivity contribution in [2.45, 2.75) is 38.5 Å². The van der Waals surface area contributed by atoms with Crippen molar-refractivity contribution in [3.8, 4) is 0 Å². The fourth-order valence-electron chi connectivity index (χ4n) is 2.80. The highest BCUT2D eigenvalue weighted by Gasteiger charge is 2.26. The van der Waals surface area contributed by atoms with Crippen molar-refractivity contribution in [2.75, 3.05) is 11.9 Å². The molecule has 2 rings (SSSR count). The molecule has 0 aliphatic heterocycles. The van der Waals surface area contributed by atoms with Crippen molar-refractivity contribution in [2.24, 2.45) is 11.8 Å². The van der Waals surface area contributed by atoms with Crippen LogP contribution in [-0.2, 0) is 11.2 Å². The van der Waals surface area contributed by atoms with Gasteiger partial charge in [-0.1, -0.05) is 28.4 Å². The van der Waals surface area contributed by atoms with Crippen molar-refractivity contribution in [1.82, 2.24) is 5.32 Å². The molecule has 1 fully saturated rings. The molecular weight excluding hydrogens is 322 g/mol. The number of halogens is 1. The van der Waals surface area contributed by atoms with Gasteiger partial charge in [0.15, 0.2) is 0 Å². The third-order valence-electron chi connectivity index (χ3n) is 3.98. The van der Waals surface area contributed by atoms with Crippen LogP contribution in [0.5, 0.6) is 0 Å². The van der Waals surface area contributed by atoms with Gasteiger partial charge in [0, 0.05) is 23.2 Å². The number of nitrogens with one attached hydrogen (secondary N) is 1. The van der Waals surface area contributed by atoms with Crippen LogP contribution in [0.25, 0.3) is 0 Å². The number of amides is 1. The second-order valence-corrected chi connectivity index (χ2v) is 7.02. The number of carbonyl (C=O) groups is 1. The number of thiophene rings is 1. The molecule has 0 bridgehead atoms. The van der Waals surface area contributed by atoms with Crippen LogP contribution < -0.4 is 5.32 Å². The zero-order chi connectivity index (χ0) is 13.5. The van der Waals surface area contributed by atoms with E-state index >= 15 is 0 Å². The molecule has 2 unspecified atom stereocenters. The third-order valence-corrected chi connectivity index (χ3v) is 5.75. The lowest BCUT2D eigenvalue weighted by Crippen LogP contribution is -2.31. The maximum Gasteiger partial charge on any atom is 0.220 e. The average Bonchev–Trinajstić information content (AvgIpc) is 3.07. The lowest BCUT2D eigenvalue weighted by Gasteiger charge is -2.17. The summed E-state index contributed by atoms with van der Waals surface area (Å²) in [4.78, 5) is 13.2. The molecule has 0 saturated heterocycles. The summed E-state index contributed by atoms with van der Waals surface area (Å²) in [6.45, 7) is 0.869. The Kier molecular flexibility index (Phi) is 6.38. The van der Waals surface area contributed by atoms with Gasteiger partial charge in [-0.3, -0.25) is 4.79 Å². The van der Waals surface area contributed by atoms with E-state index in [1.807, 2.05) is 0 Å². The fraction of sp³-hybridized carbons (Fsp3) is 0.667. The van der Waals surface area contributed by atoms with Crippen LogP contribution in [0.4, 0.5) is 0 Å². The monoisotopic (exact) mass is 343 g/mol. The van der Waals surface area contributed by atoms with Gasteiger partial charge >= 0.3 is 0 Å². The Morgan fingerprint density at radius 2 is 2.26 bits per heavy atom. The summed E-state index contributed by atoms with van der Waals surface area (Å²) < 4.78 is 0. The summed E-state index contributed by atoms with van der Waals surface area (Å²) in [5.74, 6) is 1.66. The van der Waals surface area contributed by atoms with E-state index in [2.05, 4.69) is 38.8 Å². The van der Waals surface area contributed by atoms with Gasteiger partial charge in [-0.25, -0.2) is 0 Å². The number of rotatable bonds is 7. The van der Waals surface area contributed by atoms with E-state index < -0.39 is 0 Å². The van der Waals surface area contributed by atoms with Crippen molar-refractivity contribution < 1.29 is 4.79 Å². The molecule has 2 atom stereocenters. The van der Waals surface area contributed by atoms with E-state index in [4.69, 9.17) is 0 Å². The molecule has 1 aromatic heterocycles. The Morgan fingerprint density at radius 3 is 3.00 bits per heavy atom. The second-order valence-electron chi connectivity index (χ2n) is 5.34. The van der Waals surface area contributed by atoms with Gasteiger partial charge in [-0.05, 0) is 49.0 Å². The summed E-state index contributed by atoms with van der Waals surface area (Å²) >= 11 is 5.35. The lowest BCUT2D eigenvalue weighted by atomic mass is 9.98. The Morgan fingerprint density at radius 1 is 1.42 bits per heavy atom. The molecule has 1 N–H and O–H groups in total. The van der Waals surface area contributed by atoms with E-state index in [-0.39, 0.29) is 5.91 Å². The molecule has 1 amide bonds. The van der Waals surface area contributed by atoms with Gasteiger partial charge in [0.2, 0.25) is 5.91 Å². The predicted molar refractivity (Wildman–Crippen MR) is 84.9 cm³/mol. The molecule has 0 radical (unpaired) electrons. The number of aryl methyl sites for hydroxylation is 1. The molecule has 19 heavy (non-hydrogen) atoms. The first kappa shape index (κ1) is 15.0. The van der Waals surface area contributed by atoms with Crippen LogP contribution in [0.15, 0.2) is 17.5 Å². The van der Waals surface area contributed by atoms with Crippen LogP contribution in [0.3, 0.4) is 0 Å². The molecule has 106 valence electrons. The Balaban J connectivity index is 1.59. The van der Waals surface area contributed by atoms with E-state index in [0.29, 0.717) is 12.3 Å². The quantitative estimate of drug-likeness (QED) is 0.745. The molecule has 1 aromatic rings. The van der Waals surface area contributed by atoms with Crippen molar-refractivity contribution in [1.29, 1.82) is 0 Å². The normalized spacial score (nSPS) is 22.6. The SMILES string of the molecule is O=C(CCCc1cccs1)NCC1CCCC1CBr. The largest absolute Gasteiger partial charge is 0.356 e. The van der Waals surface area contributed by atoms with Crippen LogP contribution >= 0.6 is 27.3 Å². The van der Waals surface area contributed by atoms with Gasteiger partial charge in [0.1, 0.15) is 0 Å². The molecule has 4 heteroatoms. The van der Waals surface area contributed by atoms with Crippen molar-refractivity contribution in [3.63, 3.8) is 0 Å². The highest BCUT2D eigenvalue weighted by molar-refractivity contribution is 9.09. The minimum atomic E-state index is 0.219. The zero-order valence-electron chi connectivity index (χ0n) is 11.2. The predicted octanol–water partition coefficient (Wildman–Crippen LogP) is 4.00. The summed E-state index contributed by atoms with van der Waals surface area (Å²) in [7, 11) is 0. The van der Waals surface area contributed by atoms with Crippen LogP contribution in [-0.4, -0.2) is 17.8 Å². The second kappa shape index (κ2) is 8.05. The lowest BCUT2D eigenvalue weighted by molar-refractivity contribution is -0.121. The number of alkyl halides is 1. The first-order valence-electron chi connectivity index (χ1n) is 7.14. The molecular formula is C15H22BrNOS. The highest BCUT2D eigenvalue weighted by Crippen LogP contribution is 2.32. The molecule has 2 nitrogen and oxygen atoms in total. The molecule has 1 aliphatic carbocycles. The van der Waals surface area contributed by atoms with Gasteiger partial charge in [-0.2, -0.15) is 0 Å². The first-order chi connectivity index (χ1) is 9.29. The summed E-state index contributed by atoms with van der Waals surface area (Å²) in [6.07, 6.45) is 6.53. The number of hydrogen-bond acceptors (Lipinski definition) is 2. The number of carbonyl (C=O) groups excluding carboxylic acids is 1. The molecule has 1 aliphatic rings. The maximum atomic E-state index is 11.8. The third kappa shape index (κ3) is 4.92. The fourth-order valence-corrected chi connectivity index (χ4v) is 4.40. The molecule has 1 saturated carbocycles. The van der Waals surface area contributed by atoms with Crippen LogP contribution in [0.1, 0.15) is 37.0 Å².